The first-order valence-electron chi connectivity index (χ1n) is 23.4. The van der Waals surface area contributed by atoms with Gasteiger partial charge in [0.25, 0.3) is 11.5 Å². The van der Waals surface area contributed by atoms with Crippen LogP contribution in [0.25, 0.3) is 11.2 Å². The van der Waals surface area contributed by atoms with Crippen molar-refractivity contribution in [3.05, 3.63) is 64.0 Å². The number of hydrogen-bond acceptors (Lipinski definition) is 20. The van der Waals surface area contributed by atoms with E-state index in [1.54, 1.807) is 26.8 Å². The number of hydrogen-bond donors (Lipinski definition) is 11. The van der Waals surface area contributed by atoms with Gasteiger partial charge in [-0.05, 0) is 43.5 Å². The summed E-state index contributed by atoms with van der Waals surface area (Å²) in [5.74, 6) is -7.87. The number of anilines is 2. The molecular formula is C44H60N16O14. The third kappa shape index (κ3) is 19.4. The SMILES string of the molecule is Nc1nc2ncc(CNc3ccc(C(=O)NC(CCC(=O)NC(Cc4cn(CCCCNC(=O)CN5CCN(CC(=O)O)CCN(CC(=O)O)CCN(CC(=O)O)CC5)nn4)C(=O)O)C(=O)O)cc3)nc2c(=O)[nH]1. The van der Waals surface area contributed by atoms with E-state index in [0.717, 1.165) is 0 Å². The van der Waals surface area contributed by atoms with Crippen molar-refractivity contribution >= 4 is 70.4 Å². The summed E-state index contributed by atoms with van der Waals surface area (Å²) in [5.41, 5.74) is 6.43. The lowest BCUT2D eigenvalue weighted by molar-refractivity contribution is -0.142. The lowest BCUT2D eigenvalue weighted by Gasteiger charge is -2.32. The van der Waals surface area contributed by atoms with Crippen LogP contribution in [0.3, 0.4) is 0 Å². The standard InChI is InChI=1S/C44H60N16O14/c45-44-52-39-38(41(70)53-44)49-30(21-48-39)20-47-28-5-3-27(4-6-28)40(69)51-31(42(71)72)7-8-33(61)50-32(43(73)74)19-29-22-60(55-54-29)10-2-1-9-46-34(62)23-56-11-13-57(24-35(63)64)15-17-59(26-37(67)68)18-16-58(14-12-56)25-36(65)66/h3-6,21-22,31-32,47H,1-2,7-20,23-26H2,(H,46,62)(H,50,61)(H,51,69)(H,63,64)(H,65,66)(H,67,68)(H,71,72)(H,73,74)(H3,45,48,52,53,70). The van der Waals surface area contributed by atoms with Crippen molar-refractivity contribution in [1.29, 1.82) is 0 Å². The van der Waals surface area contributed by atoms with Crippen LogP contribution in [0.4, 0.5) is 11.6 Å². The second kappa shape index (κ2) is 28.1. The summed E-state index contributed by atoms with van der Waals surface area (Å²) < 4.78 is 1.48. The summed E-state index contributed by atoms with van der Waals surface area (Å²) in [6, 6.07) is 3.08. The number of aliphatic carboxylic acids is 5. The van der Waals surface area contributed by atoms with E-state index in [1.807, 2.05) is 4.90 Å². The quantitative estimate of drug-likeness (QED) is 0.0274. The van der Waals surface area contributed by atoms with Crippen LogP contribution in [0.2, 0.25) is 0 Å². The second-order valence-electron chi connectivity index (χ2n) is 17.3. The number of unbranched alkanes of at least 4 members (excludes halogenated alkanes) is 1. The number of aromatic amines is 1. The molecule has 0 saturated carbocycles. The van der Waals surface area contributed by atoms with Crippen molar-refractivity contribution in [3.8, 4) is 0 Å². The number of benzene rings is 1. The molecule has 3 amide bonds. The van der Waals surface area contributed by atoms with Crippen molar-refractivity contribution in [2.45, 2.75) is 57.3 Å². The predicted molar refractivity (Wildman–Crippen MR) is 258 cm³/mol. The normalized spacial score (nSPS) is 15.2. The second-order valence-corrected chi connectivity index (χ2v) is 17.3. The van der Waals surface area contributed by atoms with Gasteiger partial charge in [0.05, 0.1) is 50.3 Å². The van der Waals surface area contributed by atoms with Gasteiger partial charge in [-0.1, -0.05) is 5.21 Å². The van der Waals surface area contributed by atoms with Gasteiger partial charge in [0.15, 0.2) is 11.2 Å². The molecule has 1 aliphatic rings. The highest BCUT2D eigenvalue weighted by Gasteiger charge is 2.26. The van der Waals surface area contributed by atoms with Crippen LogP contribution in [-0.2, 0) is 53.1 Å². The number of carboxylic acids is 5. The Labute approximate surface area is 421 Å². The van der Waals surface area contributed by atoms with Crippen LogP contribution in [0, 0.1) is 0 Å². The third-order valence-electron chi connectivity index (χ3n) is 11.5. The fourth-order valence-corrected chi connectivity index (χ4v) is 7.65. The number of aromatic nitrogens is 7. The molecule has 0 bridgehead atoms. The zero-order chi connectivity index (χ0) is 53.7. The Balaban J connectivity index is 1.02. The van der Waals surface area contributed by atoms with E-state index in [1.165, 1.54) is 29.2 Å². The van der Waals surface area contributed by atoms with Gasteiger partial charge >= 0.3 is 29.8 Å². The molecule has 30 nitrogen and oxygen atoms in total. The van der Waals surface area contributed by atoms with Crippen molar-refractivity contribution in [2.75, 3.05) is 96.1 Å². The number of rotatable bonds is 26. The molecule has 4 aromatic rings. The van der Waals surface area contributed by atoms with Gasteiger partial charge in [0.2, 0.25) is 17.8 Å². The first-order chi connectivity index (χ1) is 35.3. The summed E-state index contributed by atoms with van der Waals surface area (Å²) in [6.45, 7) is 2.01. The highest BCUT2D eigenvalue weighted by Crippen LogP contribution is 2.13. The maximum atomic E-state index is 13.0. The van der Waals surface area contributed by atoms with Crippen molar-refractivity contribution in [2.24, 2.45) is 0 Å². The molecule has 3 aromatic heterocycles. The van der Waals surface area contributed by atoms with Crippen molar-refractivity contribution in [3.63, 3.8) is 0 Å². The number of nitrogens with two attached hydrogens (primary N) is 1. The molecule has 0 aliphatic carbocycles. The van der Waals surface area contributed by atoms with Gasteiger partial charge < -0.3 is 52.5 Å². The van der Waals surface area contributed by atoms with E-state index in [4.69, 9.17) is 5.73 Å². The largest absolute Gasteiger partial charge is 0.480 e. The molecule has 400 valence electrons. The summed E-state index contributed by atoms with van der Waals surface area (Å²) in [5, 5.41) is 66.6. The van der Waals surface area contributed by atoms with E-state index in [2.05, 4.69) is 51.5 Å². The average Bonchev–Trinajstić information content (AvgIpc) is 3.79. The van der Waals surface area contributed by atoms with Crippen LogP contribution in [0.15, 0.2) is 41.5 Å². The average molecular weight is 1040 g/mol. The number of carbonyl (C=O) groups excluding carboxylic acids is 3. The van der Waals surface area contributed by atoms with Gasteiger partial charge in [-0.25, -0.2) is 19.6 Å². The number of nitrogen functional groups attached to an aromatic ring is 1. The van der Waals surface area contributed by atoms with Gasteiger partial charge in [-0.2, -0.15) is 4.98 Å². The molecule has 4 heterocycles. The van der Waals surface area contributed by atoms with Gasteiger partial charge in [0, 0.05) is 95.7 Å². The Kier molecular flexibility index (Phi) is 21.6. The number of carboxylic acid groups (broad SMARTS) is 5. The molecule has 1 aliphatic heterocycles. The van der Waals surface area contributed by atoms with E-state index < -0.39 is 65.7 Å². The number of fused-ring (bicyclic) bond motifs is 1. The first-order valence-corrected chi connectivity index (χ1v) is 23.4. The molecular weight excluding hydrogens is 977 g/mol. The van der Waals surface area contributed by atoms with Crippen LogP contribution in [0.5, 0.6) is 0 Å². The lowest BCUT2D eigenvalue weighted by atomic mass is 10.1. The topological polar surface area (TPSA) is 427 Å². The Hall–Kier alpha value is -8.22. The van der Waals surface area contributed by atoms with Gasteiger partial charge in [0.1, 0.15) is 12.1 Å². The summed E-state index contributed by atoms with van der Waals surface area (Å²) in [7, 11) is 0. The predicted octanol–water partition coefficient (Wildman–Crippen LogP) is -3.35. The van der Waals surface area contributed by atoms with Gasteiger partial charge in [-0.3, -0.25) is 62.8 Å². The molecule has 1 fully saturated rings. The Morgan fingerprint density at radius 1 is 0.689 bits per heavy atom. The maximum absolute atomic E-state index is 13.0. The van der Waals surface area contributed by atoms with E-state index in [9.17, 15) is 68.7 Å². The van der Waals surface area contributed by atoms with Crippen LogP contribution in [-0.4, -0.2) is 225 Å². The highest BCUT2D eigenvalue weighted by molar-refractivity contribution is 5.97. The van der Waals surface area contributed by atoms with Crippen LogP contribution < -0.4 is 32.6 Å². The third-order valence-corrected chi connectivity index (χ3v) is 11.5. The molecule has 0 radical (unpaired) electrons. The first kappa shape index (κ1) is 56.7. The Morgan fingerprint density at radius 2 is 1.26 bits per heavy atom. The smallest absolute Gasteiger partial charge is 0.326 e. The molecule has 30 heteroatoms. The maximum Gasteiger partial charge on any atom is 0.326 e. The molecule has 0 spiro atoms. The van der Waals surface area contributed by atoms with E-state index >= 15 is 0 Å². The summed E-state index contributed by atoms with van der Waals surface area (Å²) in [4.78, 5) is 131. The summed E-state index contributed by atoms with van der Waals surface area (Å²) >= 11 is 0. The minimum Gasteiger partial charge on any atom is -0.480 e. The number of nitrogens with zero attached hydrogens (tertiary/aromatic N) is 10. The summed E-state index contributed by atoms with van der Waals surface area (Å²) in [6.07, 6.45) is 2.95. The zero-order valence-electron chi connectivity index (χ0n) is 40.2. The minimum absolute atomic E-state index is 0.00881. The molecule has 2 atom stereocenters. The van der Waals surface area contributed by atoms with E-state index in [0.29, 0.717) is 50.4 Å². The number of carbonyl (C=O) groups is 8. The van der Waals surface area contributed by atoms with Crippen molar-refractivity contribution < 1.29 is 63.9 Å². The molecule has 74 heavy (non-hydrogen) atoms. The molecule has 5 rings (SSSR count). The molecule has 1 saturated heterocycles. The van der Waals surface area contributed by atoms with Gasteiger partial charge in [-0.15, -0.1) is 5.10 Å². The minimum atomic E-state index is -1.49. The molecule has 12 N–H and O–H groups in total. The number of H-pyrrole nitrogens is 1. The number of aryl methyl sites for hydroxylation is 1. The molecule has 2 unspecified atom stereocenters. The number of nitrogens with one attached hydrogen (secondary N) is 5. The highest BCUT2D eigenvalue weighted by atomic mass is 16.4. The van der Waals surface area contributed by atoms with Crippen LogP contribution in [0.1, 0.15) is 47.4 Å². The lowest BCUT2D eigenvalue weighted by Crippen LogP contribution is -2.49. The Morgan fingerprint density at radius 3 is 1.81 bits per heavy atom. The van der Waals surface area contributed by atoms with Crippen LogP contribution >= 0.6 is 0 Å². The fraction of sp³-hybridized carbons (Fsp3) is 0.500. The Bertz CT molecular complexity index is 2630. The zero-order valence-corrected chi connectivity index (χ0v) is 40.2. The fourth-order valence-electron chi connectivity index (χ4n) is 7.65. The van der Waals surface area contributed by atoms with Crippen molar-refractivity contribution in [1.82, 2.24) is 70.5 Å². The number of amides is 3. The van der Waals surface area contributed by atoms with E-state index in [-0.39, 0.29) is 119 Å². The molecule has 1 aromatic carbocycles. The monoisotopic (exact) mass is 1040 g/mol.